The van der Waals surface area contributed by atoms with Gasteiger partial charge in [-0.25, -0.2) is 0 Å². The van der Waals surface area contributed by atoms with E-state index in [0.717, 1.165) is 18.8 Å². The molecule has 0 radical (unpaired) electrons. The molecule has 1 rings (SSSR count). The zero-order valence-corrected chi connectivity index (χ0v) is 10.2. The first-order valence-electron chi connectivity index (χ1n) is 5.58. The summed E-state index contributed by atoms with van der Waals surface area (Å²) in [7, 11) is 0. The van der Waals surface area contributed by atoms with Crippen molar-refractivity contribution in [1.82, 2.24) is 5.32 Å². The molecule has 0 bridgehead atoms. The predicted molar refractivity (Wildman–Crippen MR) is 67.4 cm³/mol. The molecule has 86 valence electrons. The lowest BCUT2D eigenvalue weighted by Gasteiger charge is -2.10. The van der Waals surface area contributed by atoms with Crippen LogP contribution in [0.3, 0.4) is 0 Å². The summed E-state index contributed by atoms with van der Waals surface area (Å²) >= 11 is 0. The van der Waals surface area contributed by atoms with E-state index in [0.29, 0.717) is 0 Å². The summed E-state index contributed by atoms with van der Waals surface area (Å²) in [6.07, 6.45) is 0.217. The average molecular weight is 217 g/mol. The van der Waals surface area contributed by atoms with Crippen molar-refractivity contribution in [3.63, 3.8) is 0 Å². The molecular formula is C14H19NO. The minimum Gasteiger partial charge on any atom is -0.491 e. The fraction of sp³-hybridized carbons (Fsp3) is 0.429. The van der Waals surface area contributed by atoms with Crippen LogP contribution in [-0.4, -0.2) is 12.6 Å². The van der Waals surface area contributed by atoms with Gasteiger partial charge < -0.3 is 10.1 Å². The maximum atomic E-state index is 5.63. The Morgan fingerprint density at radius 3 is 2.88 bits per heavy atom. The number of ether oxygens (including phenoxy) is 1. The van der Waals surface area contributed by atoms with Crippen LogP contribution in [0.5, 0.6) is 5.75 Å². The van der Waals surface area contributed by atoms with E-state index >= 15 is 0 Å². The van der Waals surface area contributed by atoms with Crippen LogP contribution < -0.4 is 10.1 Å². The van der Waals surface area contributed by atoms with Gasteiger partial charge in [-0.3, -0.25) is 0 Å². The molecule has 0 saturated carbocycles. The maximum Gasteiger partial charge on any atom is 0.120 e. The van der Waals surface area contributed by atoms with Gasteiger partial charge in [0.05, 0.1) is 12.6 Å². The second kappa shape index (κ2) is 6.92. The van der Waals surface area contributed by atoms with Gasteiger partial charge in [0.25, 0.3) is 0 Å². The Kier molecular flexibility index (Phi) is 5.45. The lowest BCUT2D eigenvalue weighted by Crippen LogP contribution is -2.13. The van der Waals surface area contributed by atoms with Crippen molar-refractivity contribution in [3.8, 4) is 17.6 Å². The van der Waals surface area contributed by atoms with Gasteiger partial charge in [-0.2, -0.15) is 0 Å². The standard InChI is InChI=1S/C14H19NO/c1-4-5-9-15-11-13-7-6-8-14(10-13)16-12(2)3/h6-8,10,12,15H,9,11H2,1-3H3. The molecule has 0 aliphatic heterocycles. The van der Waals surface area contributed by atoms with Crippen LogP contribution >= 0.6 is 0 Å². The largest absolute Gasteiger partial charge is 0.491 e. The molecule has 0 amide bonds. The van der Waals surface area contributed by atoms with Crippen molar-refractivity contribution in [2.75, 3.05) is 6.54 Å². The first-order valence-corrected chi connectivity index (χ1v) is 5.58. The molecule has 0 spiro atoms. The predicted octanol–water partition coefficient (Wildman–Crippen LogP) is 2.59. The molecule has 0 unspecified atom stereocenters. The maximum absolute atomic E-state index is 5.63. The Balaban J connectivity index is 2.49. The molecular weight excluding hydrogens is 198 g/mol. The van der Waals surface area contributed by atoms with E-state index in [1.165, 1.54) is 5.56 Å². The monoisotopic (exact) mass is 217 g/mol. The van der Waals surface area contributed by atoms with Gasteiger partial charge in [0.1, 0.15) is 5.75 Å². The molecule has 0 saturated heterocycles. The van der Waals surface area contributed by atoms with E-state index in [1.54, 1.807) is 0 Å². The molecule has 2 nitrogen and oxygen atoms in total. The quantitative estimate of drug-likeness (QED) is 0.604. The first-order chi connectivity index (χ1) is 7.72. The van der Waals surface area contributed by atoms with E-state index in [2.05, 4.69) is 29.3 Å². The van der Waals surface area contributed by atoms with Crippen LogP contribution in [-0.2, 0) is 6.54 Å². The zero-order chi connectivity index (χ0) is 11.8. The Morgan fingerprint density at radius 1 is 1.38 bits per heavy atom. The van der Waals surface area contributed by atoms with Crippen LogP contribution in [0.1, 0.15) is 26.3 Å². The number of nitrogens with one attached hydrogen (secondary N) is 1. The van der Waals surface area contributed by atoms with E-state index in [4.69, 9.17) is 4.74 Å². The fourth-order valence-corrected chi connectivity index (χ4v) is 1.36. The van der Waals surface area contributed by atoms with E-state index < -0.39 is 0 Å². The molecule has 16 heavy (non-hydrogen) atoms. The Hall–Kier alpha value is -1.46. The van der Waals surface area contributed by atoms with Crippen molar-refractivity contribution in [3.05, 3.63) is 29.8 Å². The SMILES string of the molecule is CC#CCNCc1cccc(OC(C)C)c1. The smallest absolute Gasteiger partial charge is 0.120 e. The van der Waals surface area contributed by atoms with Crippen molar-refractivity contribution in [2.45, 2.75) is 33.4 Å². The third kappa shape index (κ3) is 4.86. The molecule has 0 aliphatic carbocycles. The first kappa shape index (κ1) is 12.6. The molecule has 1 N–H and O–H groups in total. The molecule has 2 heteroatoms. The van der Waals surface area contributed by atoms with Crippen molar-refractivity contribution < 1.29 is 4.74 Å². The molecule has 0 heterocycles. The molecule has 0 atom stereocenters. The van der Waals surface area contributed by atoms with Crippen LogP contribution in [0.15, 0.2) is 24.3 Å². The highest BCUT2D eigenvalue weighted by atomic mass is 16.5. The number of hydrogen-bond acceptors (Lipinski definition) is 2. The fourth-order valence-electron chi connectivity index (χ4n) is 1.36. The third-order valence-corrected chi connectivity index (χ3v) is 1.99. The summed E-state index contributed by atoms with van der Waals surface area (Å²) in [5.74, 6) is 6.75. The minimum absolute atomic E-state index is 0.217. The molecule has 1 aromatic rings. The normalized spacial score (nSPS) is 9.75. The van der Waals surface area contributed by atoms with E-state index in [1.807, 2.05) is 32.9 Å². The molecule has 0 fully saturated rings. The van der Waals surface area contributed by atoms with Gasteiger partial charge in [-0.05, 0) is 38.5 Å². The summed E-state index contributed by atoms with van der Waals surface area (Å²) in [4.78, 5) is 0. The topological polar surface area (TPSA) is 21.3 Å². The van der Waals surface area contributed by atoms with E-state index in [9.17, 15) is 0 Å². The summed E-state index contributed by atoms with van der Waals surface area (Å²) in [5.41, 5.74) is 1.22. The van der Waals surface area contributed by atoms with Gasteiger partial charge in [0.2, 0.25) is 0 Å². The second-order valence-electron chi connectivity index (χ2n) is 3.84. The lowest BCUT2D eigenvalue weighted by molar-refractivity contribution is 0.242. The van der Waals surface area contributed by atoms with Crippen LogP contribution in [0, 0.1) is 11.8 Å². The summed E-state index contributed by atoms with van der Waals surface area (Å²) in [5, 5.41) is 3.25. The van der Waals surface area contributed by atoms with Crippen LogP contribution in [0.25, 0.3) is 0 Å². The summed E-state index contributed by atoms with van der Waals surface area (Å²) < 4.78 is 5.63. The highest BCUT2D eigenvalue weighted by molar-refractivity contribution is 5.28. The Bertz CT molecular complexity index is 374. The summed E-state index contributed by atoms with van der Waals surface area (Å²) in [6.45, 7) is 7.46. The second-order valence-corrected chi connectivity index (χ2v) is 3.84. The minimum atomic E-state index is 0.217. The Morgan fingerprint density at radius 2 is 2.19 bits per heavy atom. The average Bonchev–Trinajstić information content (AvgIpc) is 2.24. The van der Waals surface area contributed by atoms with Gasteiger partial charge in [-0.15, -0.1) is 5.92 Å². The van der Waals surface area contributed by atoms with E-state index in [-0.39, 0.29) is 6.10 Å². The van der Waals surface area contributed by atoms with Crippen molar-refractivity contribution >= 4 is 0 Å². The Labute approximate surface area is 98.0 Å². The van der Waals surface area contributed by atoms with Crippen LogP contribution in [0.4, 0.5) is 0 Å². The number of rotatable bonds is 5. The molecule has 0 aromatic heterocycles. The number of benzene rings is 1. The van der Waals surface area contributed by atoms with Gasteiger partial charge in [0.15, 0.2) is 0 Å². The molecule has 0 aliphatic rings. The summed E-state index contributed by atoms with van der Waals surface area (Å²) in [6, 6.07) is 8.14. The van der Waals surface area contributed by atoms with Gasteiger partial charge in [0, 0.05) is 6.54 Å². The van der Waals surface area contributed by atoms with Crippen molar-refractivity contribution in [2.24, 2.45) is 0 Å². The highest BCUT2D eigenvalue weighted by Gasteiger charge is 1.98. The lowest BCUT2D eigenvalue weighted by atomic mass is 10.2. The third-order valence-electron chi connectivity index (χ3n) is 1.99. The van der Waals surface area contributed by atoms with Crippen LogP contribution in [0.2, 0.25) is 0 Å². The molecule has 1 aromatic carbocycles. The highest BCUT2D eigenvalue weighted by Crippen LogP contribution is 2.14. The van der Waals surface area contributed by atoms with Gasteiger partial charge >= 0.3 is 0 Å². The zero-order valence-electron chi connectivity index (χ0n) is 10.2. The number of hydrogen-bond donors (Lipinski definition) is 1. The van der Waals surface area contributed by atoms with Crippen molar-refractivity contribution in [1.29, 1.82) is 0 Å². The van der Waals surface area contributed by atoms with Gasteiger partial charge in [-0.1, -0.05) is 18.1 Å².